The highest BCUT2D eigenvalue weighted by Gasteiger charge is 2.15. The van der Waals surface area contributed by atoms with Crippen molar-refractivity contribution in [2.45, 2.75) is 0 Å². The summed E-state index contributed by atoms with van der Waals surface area (Å²) in [6, 6.07) is 8.60. The van der Waals surface area contributed by atoms with Gasteiger partial charge in [-0.3, -0.25) is 4.79 Å². The topological polar surface area (TPSA) is 125 Å². The molecule has 2 aromatic carbocycles. The summed E-state index contributed by atoms with van der Waals surface area (Å²) < 4.78 is 5.52. The lowest BCUT2D eigenvalue weighted by Gasteiger charge is -2.10. The molecule has 2 rings (SSSR count). The van der Waals surface area contributed by atoms with Gasteiger partial charge in [-0.15, -0.1) is 4.91 Å². The van der Waals surface area contributed by atoms with E-state index in [1.54, 1.807) is 6.07 Å². The first-order chi connectivity index (χ1) is 12.0. The van der Waals surface area contributed by atoms with Crippen LogP contribution in [0, 0.1) is 4.91 Å². The van der Waals surface area contributed by atoms with Crippen molar-refractivity contribution in [1.29, 1.82) is 0 Å². The maximum Gasteiger partial charge on any atom is 0.337 e. The van der Waals surface area contributed by atoms with Crippen LogP contribution in [0.15, 0.2) is 46.0 Å². The Hall–Kier alpha value is -2.78. The number of nitroso groups, excluding NO2 is 1. The Morgan fingerprint density at radius 2 is 1.84 bits per heavy atom. The molecule has 8 nitrogen and oxygen atoms in total. The van der Waals surface area contributed by atoms with Crippen LogP contribution >= 0.6 is 15.9 Å². The van der Waals surface area contributed by atoms with Gasteiger partial charge in [0, 0.05) is 17.1 Å². The van der Waals surface area contributed by atoms with Crippen LogP contribution in [0.4, 0.5) is 11.4 Å². The van der Waals surface area contributed by atoms with Crippen LogP contribution in [0.3, 0.4) is 0 Å². The number of carbonyl (C=O) groups excluding carboxylic acids is 1. The number of aliphatic hydroxyl groups is 1. The van der Waals surface area contributed by atoms with E-state index in [4.69, 9.17) is 9.84 Å². The quantitative estimate of drug-likeness (QED) is 0.648. The first-order valence-corrected chi connectivity index (χ1v) is 7.56. The van der Waals surface area contributed by atoms with Crippen molar-refractivity contribution in [3.05, 3.63) is 56.9 Å². The third-order valence-corrected chi connectivity index (χ3v) is 3.49. The summed E-state index contributed by atoms with van der Waals surface area (Å²) in [4.78, 5) is 34.2. The highest BCUT2D eigenvalue weighted by Crippen LogP contribution is 2.29. The molecule has 0 aromatic heterocycles. The SMILES string of the molecule is CO.COc1ccc(C(=O)Nc2ccc(Br)cc2C(=O)O)cc1N=O. The Morgan fingerprint density at radius 3 is 2.40 bits per heavy atom. The average molecular weight is 411 g/mol. The van der Waals surface area contributed by atoms with Gasteiger partial charge in [0.2, 0.25) is 0 Å². The van der Waals surface area contributed by atoms with E-state index in [0.29, 0.717) is 4.47 Å². The second kappa shape index (κ2) is 9.50. The summed E-state index contributed by atoms with van der Waals surface area (Å²) in [5.41, 5.74) is 0.214. The number of methoxy groups -OCH3 is 1. The molecule has 0 aliphatic heterocycles. The number of nitrogens with one attached hydrogen (secondary N) is 1. The van der Waals surface area contributed by atoms with E-state index in [2.05, 4.69) is 26.4 Å². The standard InChI is InChI=1S/C15H11BrN2O5.CH4O/c1-23-13-5-2-8(6-12(13)18-22)14(19)17-11-4-3-9(16)7-10(11)15(20)21;1-2/h2-7H,1H3,(H,17,19)(H,20,21);2H,1H3. The monoisotopic (exact) mass is 410 g/mol. The Balaban J connectivity index is 0.00000151. The van der Waals surface area contributed by atoms with Crippen molar-refractivity contribution in [1.82, 2.24) is 0 Å². The molecule has 132 valence electrons. The van der Waals surface area contributed by atoms with Crippen molar-refractivity contribution in [2.24, 2.45) is 5.18 Å². The molecule has 0 radical (unpaired) electrons. The first-order valence-electron chi connectivity index (χ1n) is 6.76. The van der Waals surface area contributed by atoms with Gasteiger partial charge in [-0.2, -0.15) is 0 Å². The number of hydrogen-bond donors (Lipinski definition) is 3. The molecule has 2 aromatic rings. The average Bonchev–Trinajstić information content (AvgIpc) is 2.63. The predicted molar refractivity (Wildman–Crippen MR) is 95.6 cm³/mol. The van der Waals surface area contributed by atoms with Crippen molar-refractivity contribution < 1.29 is 24.5 Å². The van der Waals surface area contributed by atoms with Crippen LogP contribution in [0.1, 0.15) is 20.7 Å². The Morgan fingerprint density at radius 1 is 1.16 bits per heavy atom. The highest BCUT2D eigenvalue weighted by atomic mass is 79.9. The molecule has 0 atom stereocenters. The van der Waals surface area contributed by atoms with E-state index < -0.39 is 11.9 Å². The van der Waals surface area contributed by atoms with Gasteiger partial charge in [-0.25, -0.2) is 4.79 Å². The molecule has 0 aliphatic carbocycles. The van der Waals surface area contributed by atoms with Gasteiger partial charge in [-0.05, 0) is 41.6 Å². The number of carboxylic acid groups (broad SMARTS) is 1. The minimum absolute atomic E-state index is 0.0191. The van der Waals surface area contributed by atoms with Gasteiger partial charge in [-0.1, -0.05) is 15.9 Å². The first kappa shape index (κ1) is 20.3. The number of ether oxygens (including phenoxy) is 1. The number of hydrogen-bond acceptors (Lipinski definition) is 6. The molecule has 0 heterocycles. The third-order valence-electron chi connectivity index (χ3n) is 3.00. The number of benzene rings is 2. The predicted octanol–water partition coefficient (Wildman–Crippen LogP) is 3.41. The maximum atomic E-state index is 12.2. The largest absolute Gasteiger partial charge is 0.494 e. The lowest BCUT2D eigenvalue weighted by Crippen LogP contribution is -2.14. The van der Waals surface area contributed by atoms with Gasteiger partial charge >= 0.3 is 5.97 Å². The van der Waals surface area contributed by atoms with E-state index in [1.807, 2.05) is 0 Å². The fourth-order valence-corrected chi connectivity index (χ4v) is 2.26. The van der Waals surface area contributed by atoms with Crippen LogP contribution in [0.5, 0.6) is 5.75 Å². The molecule has 0 fully saturated rings. The van der Waals surface area contributed by atoms with E-state index in [0.717, 1.165) is 7.11 Å². The summed E-state index contributed by atoms with van der Waals surface area (Å²) in [6.45, 7) is 0. The lowest BCUT2D eigenvalue weighted by molar-refractivity contribution is 0.0698. The third kappa shape index (κ3) is 5.10. The van der Waals surface area contributed by atoms with Crippen LogP contribution < -0.4 is 10.1 Å². The van der Waals surface area contributed by atoms with Gasteiger partial charge < -0.3 is 20.3 Å². The number of rotatable bonds is 5. The number of carbonyl (C=O) groups is 2. The molecule has 0 unspecified atom stereocenters. The number of aromatic carboxylic acids is 1. The second-order valence-electron chi connectivity index (χ2n) is 4.43. The second-order valence-corrected chi connectivity index (χ2v) is 5.34. The lowest BCUT2D eigenvalue weighted by atomic mass is 10.1. The van der Waals surface area contributed by atoms with E-state index >= 15 is 0 Å². The zero-order valence-electron chi connectivity index (χ0n) is 13.3. The summed E-state index contributed by atoms with van der Waals surface area (Å²) in [6.07, 6.45) is 0. The summed E-state index contributed by atoms with van der Waals surface area (Å²) in [5.74, 6) is -1.50. The molecule has 0 aliphatic rings. The van der Waals surface area contributed by atoms with E-state index in [1.165, 1.54) is 37.4 Å². The number of halogens is 1. The molecule has 9 heteroatoms. The Labute approximate surface area is 151 Å². The molecule has 0 saturated carbocycles. The normalized spacial score (nSPS) is 9.44. The van der Waals surface area contributed by atoms with Gasteiger partial charge in [0.25, 0.3) is 5.91 Å². The summed E-state index contributed by atoms with van der Waals surface area (Å²) in [5, 5.41) is 21.5. The Bertz CT molecular complexity index is 794. The number of aliphatic hydroxyl groups excluding tert-OH is 1. The van der Waals surface area contributed by atoms with Crippen LogP contribution in [0.25, 0.3) is 0 Å². The van der Waals surface area contributed by atoms with Crippen molar-refractivity contribution in [3.8, 4) is 5.75 Å². The molecular weight excluding hydrogens is 396 g/mol. The zero-order chi connectivity index (χ0) is 19.0. The fraction of sp³-hybridized carbons (Fsp3) is 0.125. The van der Waals surface area contributed by atoms with Gasteiger partial charge in [0.1, 0.15) is 5.75 Å². The highest BCUT2D eigenvalue weighted by molar-refractivity contribution is 9.10. The molecular formula is C16H15BrN2O6. The smallest absolute Gasteiger partial charge is 0.337 e. The summed E-state index contributed by atoms with van der Waals surface area (Å²) in [7, 11) is 2.38. The van der Waals surface area contributed by atoms with E-state index in [9.17, 15) is 19.6 Å². The van der Waals surface area contributed by atoms with Crippen LogP contribution in [0.2, 0.25) is 0 Å². The number of anilines is 1. The number of amides is 1. The molecule has 0 spiro atoms. The van der Waals surface area contributed by atoms with Crippen LogP contribution in [-0.2, 0) is 0 Å². The zero-order valence-corrected chi connectivity index (χ0v) is 14.9. The fourth-order valence-electron chi connectivity index (χ4n) is 1.90. The summed E-state index contributed by atoms with van der Waals surface area (Å²) >= 11 is 3.17. The number of carboxylic acids is 1. The maximum absolute atomic E-state index is 12.2. The van der Waals surface area contributed by atoms with Crippen molar-refractivity contribution in [2.75, 3.05) is 19.5 Å². The molecule has 25 heavy (non-hydrogen) atoms. The van der Waals surface area contributed by atoms with Crippen molar-refractivity contribution >= 4 is 39.2 Å². The van der Waals surface area contributed by atoms with E-state index in [-0.39, 0.29) is 28.3 Å². The molecule has 3 N–H and O–H groups in total. The molecule has 0 bridgehead atoms. The molecule has 1 amide bonds. The Kier molecular flexibility index (Phi) is 7.70. The van der Waals surface area contributed by atoms with Crippen molar-refractivity contribution in [3.63, 3.8) is 0 Å². The number of nitrogens with zero attached hydrogens (tertiary/aromatic N) is 1. The minimum Gasteiger partial charge on any atom is -0.494 e. The van der Waals surface area contributed by atoms with Gasteiger partial charge in [0.05, 0.1) is 18.4 Å². The minimum atomic E-state index is -1.17. The molecule has 0 saturated heterocycles. The van der Waals surface area contributed by atoms with Crippen LogP contribution in [-0.4, -0.2) is 36.3 Å². The van der Waals surface area contributed by atoms with Gasteiger partial charge in [0.15, 0.2) is 5.69 Å².